The van der Waals surface area contributed by atoms with Crippen LogP contribution in [0.4, 0.5) is 13.2 Å². The molecule has 0 heterocycles. The molecule has 3 nitrogen and oxygen atoms in total. The van der Waals surface area contributed by atoms with E-state index in [1.807, 2.05) is 6.92 Å². The average molecular weight is 317 g/mol. The Labute approximate surface area is 128 Å². The van der Waals surface area contributed by atoms with Crippen molar-refractivity contribution >= 4 is 5.91 Å². The number of amides is 1. The molecule has 0 spiro atoms. The third-order valence-corrected chi connectivity index (χ3v) is 3.52. The summed E-state index contributed by atoms with van der Waals surface area (Å²) in [5, 5.41) is 12.1. The number of benzene rings is 1. The molecule has 1 aromatic rings. The molecule has 2 unspecified atom stereocenters. The van der Waals surface area contributed by atoms with Gasteiger partial charge in [0.25, 0.3) is 0 Å². The molecule has 0 aromatic heterocycles. The molecule has 1 aromatic carbocycles. The van der Waals surface area contributed by atoms with Crippen LogP contribution in [-0.4, -0.2) is 23.7 Å². The van der Waals surface area contributed by atoms with Crippen molar-refractivity contribution in [1.82, 2.24) is 5.32 Å². The molecule has 6 heteroatoms. The summed E-state index contributed by atoms with van der Waals surface area (Å²) in [7, 11) is 0. The van der Waals surface area contributed by atoms with Gasteiger partial charge in [-0.25, -0.2) is 0 Å². The van der Waals surface area contributed by atoms with E-state index in [4.69, 9.17) is 0 Å². The second-order valence-electron chi connectivity index (χ2n) is 5.44. The van der Waals surface area contributed by atoms with Gasteiger partial charge in [-0.2, -0.15) is 13.2 Å². The first-order chi connectivity index (χ1) is 10.2. The molecule has 124 valence electrons. The quantitative estimate of drug-likeness (QED) is 0.811. The number of aliphatic hydroxyl groups is 1. The third-order valence-electron chi connectivity index (χ3n) is 3.52. The van der Waals surface area contributed by atoms with E-state index in [1.54, 1.807) is 6.92 Å². The Bertz CT molecular complexity index is 471. The fraction of sp³-hybridized carbons (Fsp3) is 0.562. The van der Waals surface area contributed by atoms with Crippen LogP contribution in [0.3, 0.4) is 0 Å². The summed E-state index contributed by atoms with van der Waals surface area (Å²) in [6.45, 7) is 3.98. The minimum atomic E-state index is -4.35. The van der Waals surface area contributed by atoms with E-state index in [0.717, 1.165) is 12.1 Å². The zero-order chi connectivity index (χ0) is 16.8. The molecule has 0 bridgehead atoms. The molecule has 0 saturated carbocycles. The molecular weight excluding hydrogens is 295 g/mol. The van der Waals surface area contributed by atoms with Gasteiger partial charge < -0.3 is 10.4 Å². The maximum absolute atomic E-state index is 12.5. The highest BCUT2D eigenvalue weighted by Gasteiger charge is 2.30. The van der Waals surface area contributed by atoms with E-state index in [2.05, 4.69) is 5.32 Å². The van der Waals surface area contributed by atoms with Crippen LogP contribution in [0.5, 0.6) is 0 Å². The molecule has 0 aliphatic heterocycles. The number of nitrogens with one attached hydrogen (secondary N) is 1. The van der Waals surface area contributed by atoms with Crippen LogP contribution in [0.1, 0.15) is 37.8 Å². The molecule has 2 atom stereocenters. The van der Waals surface area contributed by atoms with E-state index in [-0.39, 0.29) is 11.8 Å². The first kappa shape index (κ1) is 18.5. The molecule has 22 heavy (non-hydrogen) atoms. The van der Waals surface area contributed by atoms with Gasteiger partial charge in [0, 0.05) is 12.5 Å². The van der Waals surface area contributed by atoms with Crippen molar-refractivity contribution in [3.05, 3.63) is 35.4 Å². The van der Waals surface area contributed by atoms with Crippen LogP contribution in [0, 0.1) is 5.92 Å². The van der Waals surface area contributed by atoms with Gasteiger partial charge in [-0.15, -0.1) is 0 Å². The highest BCUT2D eigenvalue weighted by molar-refractivity contribution is 5.78. The Balaban J connectivity index is 2.47. The molecule has 2 N–H and O–H groups in total. The predicted octanol–water partition coefficient (Wildman–Crippen LogP) is 3.16. The molecular formula is C16H22F3NO2. The highest BCUT2D eigenvalue weighted by atomic mass is 19.4. The van der Waals surface area contributed by atoms with Crippen molar-refractivity contribution in [2.45, 2.75) is 45.4 Å². The summed E-state index contributed by atoms with van der Waals surface area (Å²) in [6.07, 6.45) is -3.26. The van der Waals surface area contributed by atoms with Crippen molar-refractivity contribution in [2.75, 3.05) is 6.54 Å². The first-order valence-electron chi connectivity index (χ1n) is 7.36. The summed E-state index contributed by atoms with van der Waals surface area (Å²) < 4.78 is 37.4. The maximum atomic E-state index is 12.5. The lowest BCUT2D eigenvalue weighted by molar-refractivity contribution is -0.137. The smallest absolute Gasteiger partial charge is 0.393 e. The van der Waals surface area contributed by atoms with Gasteiger partial charge in [0.2, 0.25) is 5.91 Å². The van der Waals surface area contributed by atoms with Gasteiger partial charge >= 0.3 is 6.18 Å². The topological polar surface area (TPSA) is 49.3 Å². The van der Waals surface area contributed by atoms with Crippen LogP contribution in [0.25, 0.3) is 0 Å². The fourth-order valence-corrected chi connectivity index (χ4v) is 2.02. The van der Waals surface area contributed by atoms with Crippen LogP contribution in [0.15, 0.2) is 24.3 Å². The lowest BCUT2D eigenvalue weighted by Gasteiger charge is -2.14. The summed E-state index contributed by atoms with van der Waals surface area (Å²) in [6, 6.07) is 4.84. The number of rotatable bonds is 7. The number of hydrogen-bond donors (Lipinski definition) is 2. The number of hydrogen-bond acceptors (Lipinski definition) is 2. The van der Waals surface area contributed by atoms with Crippen molar-refractivity contribution in [3.8, 4) is 0 Å². The number of aliphatic hydroxyl groups excluding tert-OH is 1. The van der Waals surface area contributed by atoms with Gasteiger partial charge in [-0.3, -0.25) is 4.79 Å². The van der Waals surface area contributed by atoms with Gasteiger partial charge in [-0.05, 0) is 37.0 Å². The van der Waals surface area contributed by atoms with Gasteiger partial charge in [-0.1, -0.05) is 26.0 Å². The van der Waals surface area contributed by atoms with E-state index < -0.39 is 17.8 Å². The number of carbonyl (C=O) groups is 1. The second kappa shape index (κ2) is 8.17. The zero-order valence-corrected chi connectivity index (χ0v) is 12.8. The second-order valence-corrected chi connectivity index (χ2v) is 5.44. The Hall–Kier alpha value is -1.56. The molecule has 1 rings (SSSR count). The highest BCUT2D eigenvalue weighted by Crippen LogP contribution is 2.29. The minimum Gasteiger partial charge on any atom is -0.393 e. The average Bonchev–Trinajstić information content (AvgIpc) is 2.46. The SMILES string of the molecule is CCC(O)CCNC(=O)C(C)Cc1ccc(C(F)(F)F)cc1. The summed E-state index contributed by atoms with van der Waals surface area (Å²) in [4.78, 5) is 11.9. The molecule has 0 saturated heterocycles. The van der Waals surface area contributed by atoms with Crippen molar-refractivity contribution in [2.24, 2.45) is 5.92 Å². The Morgan fingerprint density at radius 2 is 1.86 bits per heavy atom. The number of carbonyl (C=O) groups excluding carboxylic acids is 1. The van der Waals surface area contributed by atoms with Crippen LogP contribution in [0.2, 0.25) is 0 Å². The first-order valence-corrected chi connectivity index (χ1v) is 7.36. The van der Waals surface area contributed by atoms with E-state index >= 15 is 0 Å². The van der Waals surface area contributed by atoms with Crippen LogP contribution < -0.4 is 5.32 Å². The van der Waals surface area contributed by atoms with Gasteiger partial charge in [0.1, 0.15) is 0 Å². The van der Waals surface area contributed by atoms with Crippen LogP contribution >= 0.6 is 0 Å². The van der Waals surface area contributed by atoms with Crippen molar-refractivity contribution in [3.63, 3.8) is 0 Å². The third kappa shape index (κ3) is 6.05. The van der Waals surface area contributed by atoms with Crippen molar-refractivity contribution < 1.29 is 23.1 Å². The zero-order valence-electron chi connectivity index (χ0n) is 12.8. The van der Waals surface area contributed by atoms with Crippen LogP contribution in [-0.2, 0) is 17.4 Å². The molecule has 0 fully saturated rings. The largest absolute Gasteiger partial charge is 0.416 e. The van der Waals surface area contributed by atoms with Gasteiger partial charge in [0.15, 0.2) is 0 Å². The lowest BCUT2D eigenvalue weighted by Crippen LogP contribution is -2.32. The summed E-state index contributed by atoms with van der Waals surface area (Å²) in [5.74, 6) is -0.501. The van der Waals surface area contributed by atoms with E-state index in [0.29, 0.717) is 31.4 Å². The lowest BCUT2D eigenvalue weighted by atomic mass is 9.99. The summed E-state index contributed by atoms with van der Waals surface area (Å²) >= 11 is 0. The molecule has 0 aliphatic carbocycles. The standard InChI is InChI=1S/C16H22F3NO2/c1-3-14(21)8-9-20-15(22)11(2)10-12-4-6-13(7-5-12)16(17,18)19/h4-7,11,14,21H,3,8-10H2,1-2H3,(H,20,22). The fourth-order valence-electron chi connectivity index (χ4n) is 2.02. The van der Waals surface area contributed by atoms with E-state index in [9.17, 15) is 23.1 Å². The normalized spacial score (nSPS) is 14.5. The minimum absolute atomic E-state index is 0.164. The monoisotopic (exact) mass is 317 g/mol. The van der Waals surface area contributed by atoms with Crippen molar-refractivity contribution in [1.29, 1.82) is 0 Å². The Morgan fingerprint density at radius 3 is 2.36 bits per heavy atom. The van der Waals surface area contributed by atoms with Gasteiger partial charge in [0.05, 0.1) is 11.7 Å². The van der Waals surface area contributed by atoms with E-state index in [1.165, 1.54) is 12.1 Å². The Kier molecular flexibility index (Phi) is 6.87. The number of halogens is 3. The molecule has 0 aliphatic rings. The summed E-state index contributed by atoms with van der Waals surface area (Å²) in [5.41, 5.74) is -0.00819. The predicted molar refractivity (Wildman–Crippen MR) is 78.2 cm³/mol. The molecule has 1 amide bonds. The maximum Gasteiger partial charge on any atom is 0.416 e. The Morgan fingerprint density at radius 1 is 1.27 bits per heavy atom. The number of alkyl halides is 3. The molecule has 0 radical (unpaired) electrons.